The summed E-state index contributed by atoms with van der Waals surface area (Å²) in [5.74, 6) is 0.987. The number of oxime groups is 1. The SMILES string of the molecule is NCCON=Cc1c(N)ncnc1-n1cccc1. The van der Waals surface area contributed by atoms with Gasteiger partial charge in [-0.1, -0.05) is 5.16 Å². The molecule has 0 saturated carbocycles. The maximum Gasteiger partial charge on any atom is 0.151 e. The van der Waals surface area contributed by atoms with Crippen LogP contribution in [0.5, 0.6) is 0 Å². The predicted octanol–water partition coefficient (Wildman–Crippen LogP) is 0.159. The lowest BCUT2D eigenvalue weighted by Crippen LogP contribution is -2.08. The van der Waals surface area contributed by atoms with Crippen molar-refractivity contribution < 1.29 is 4.84 Å². The third-order valence-corrected chi connectivity index (χ3v) is 2.21. The molecule has 2 aromatic rings. The maximum absolute atomic E-state index is 5.81. The molecule has 7 nitrogen and oxygen atoms in total. The van der Waals surface area contributed by atoms with Gasteiger partial charge in [-0.3, -0.25) is 0 Å². The zero-order valence-corrected chi connectivity index (χ0v) is 9.73. The van der Waals surface area contributed by atoms with Gasteiger partial charge < -0.3 is 20.9 Å². The van der Waals surface area contributed by atoms with Crippen LogP contribution >= 0.6 is 0 Å². The molecule has 0 aliphatic heterocycles. The fraction of sp³-hybridized carbons (Fsp3) is 0.182. The summed E-state index contributed by atoms with van der Waals surface area (Å²) in [7, 11) is 0. The smallest absolute Gasteiger partial charge is 0.151 e. The van der Waals surface area contributed by atoms with Gasteiger partial charge in [0.2, 0.25) is 0 Å². The molecule has 0 radical (unpaired) electrons. The summed E-state index contributed by atoms with van der Waals surface area (Å²) in [4.78, 5) is 13.0. The number of hydrogen-bond acceptors (Lipinski definition) is 6. The molecule has 7 heteroatoms. The van der Waals surface area contributed by atoms with Crippen LogP contribution in [0.25, 0.3) is 5.82 Å². The zero-order chi connectivity index (χ0) is 12.8. The average molecular weight is 246 g/mol. The van der Waals surface area contributed by atoms with Crippen LogP contribution in [-0.2, 0) is 4.84 Å². The fourth-order valence-corrected chi connectivity index (χ4v) is 1.40. The summed E-state index contributed by atoms with van der Waals surface area (Å²) < 4.78 is 1.82. The molecule has 0 aliphatic rings. The monoisotopic (exact) mass is 246 g/mol. The van der Waals surface area contributed by atoms with E-state index in [2.05, 4.69) is 15.1 Å². The van der Waals surface area contributed by atoms with Gasteiger partial charge in [0.1, 0.15) is 18.8 Å². The van der Waals surface area contributed by atoms with Crippen molar-refractivity contribution >= 4 is 12.0 Å². The molecule has 0 fully saturated rings. The minimum Gasteiger partial charge on any atom is -0.394 e. The lowest BCUT2D eigenvalue weighted by molar-refractivity contribution is 0.154. The molecule has 2 aromatic heterocycles. The van der Waals surface area contributed by atoms with E-state index in [0.717, 1.165) is 0 Å². The van der Waals surface area contributed by atoms with E-state index < -0.39 is 0 Å². The molecule has 0 unspecified atom stereocenters. The van der Waals surface area contributed by atoms with Crippen molar-refractivity contribution in [2.24, 2.45) is 10.9 Å². The van der Waals surface area contributed by atoms with Crippen LogP contribution in [0.2, 0.25) is 0 Å². The third-order valence-electron chi connectivity index (χ3n) is 2.21. The molecule has 2 heterocycles. The number of hydrogen-bond donors (Lipinski definition) is 2. The fourth-order valence-electron chi connectivity index (χ4n) is 1.40. The molecule has 2 rings (SSSR count). The van der Waals surface area contributed by atoms with E-state index in [-0.39, 0.29) is 0 Å². The van der Waals surface area contributed by atoms with Crippen LogP contribution in [0.4, 0.5) is 5.82 Å². The minimum atomic E-state index is 0.341. The molecule has 94 valence electrons. The first-order valence-corrected chi connectivity index (χ1v) is 5.42. The van der Waals surface area contributed by atoms with Gasteiger partial charge in [0.05, 0.1) is 11.8 Å². The molecule has 0 aliphatic carbocycles. The van der Waals surface area contributed by atoms with Crippen LogP contribution in [-0.4, -0.2) is 33.9 Å². The number of nitrogens with zero attached hydrogens (tertiary/aromatic N) is 4. The molecule has 18 heavy (non-hydrogen) atoms. The summed E-state index contributed by atoms with van der Waals surface area (Å²) >= 11 is 0. The Morgan fingerprint density at radius 3 is 2.83 bits per heavy atom. The summed E-state index contributed by atoms with van der Waals surface area (Å²) in [5, 5.41) is 3.78. The molecule has 4 N–H and O–H groups in total. The second-order valence-electron chi connectivity index (χ2n) is 3.44. The van der Waals surface area contributed by atoms with E-state index in [4.69, 9.17) is 16.3 Å². The Labute approximate surface area is 104 Å². The first kappa shape index (κ1) is 12.1. The molecule has 0 saturated heterocycles. The molecular weight excluding hydrogens is 232 g/mol. The summed E-state index contributed by atoms with van der Waals surface area (Å²) in [5.41, 5.74) is 11.7. The molecule has 0 atom stereocenters. The van der Waals surface area contributed by atoms with E-state index >= 15 is 0 Å². The van der Waals surface area contributed by atoms with E-state index in [1.165, 1.54) is 12.5 Å². The highest BCUT2D eigenvalue weighted by atomic mass is 16.6. The summed E-state index contributed by atoms with van der Waals surface area (Å²) in [6.45, 7) is 0.755. The zero-order valence-electron chi connectivity index (χ0n) is 9.73. The van der Waals surface area contributed by atoms with Crippen LogP contribution in [0, 0.1) is 0 Å². The molecule has 0 amide bonds. The largest absolute Gasteiger partial charge is 0.394 e. The van der Waals surface area contributed by atoms with Crippen molar-refractivity contribution in [1.82, 2.24) is 14.5 Å². The van der Waals surface area contributed by atoms with Gasteiger partial charge in [0, 0.05) is 18.9 Å². The van der Waals surface area contributed by atoms with Crippen molar-refractivity contribution in [2.75, 3.05) is 18.9 Å². The van der Waals surface area contributed by atoms with Gasteiger partial charge in [0.15, 0.2) is 5.82 Å². The second kappa shape index (κ2) is 5.78. The van der Waals surface area contributed by atoms with Crippen LogP contribution in [0.15, 0.2) is 36.0 Å². The van der Waals surface area contributed by atoms with E-state index in [1.54, 1.807) is 0 Å². The van der Waals surface area contributed by atoms with Gasteiger partial charge in [-0.2, -0.15) is 0 Å². The normalized spacial score (nSPS) is 10.9. The Morgan fingerprint density at radius 1 is 1.33 bits per heavy atom. The summed E-state index contributed by atoms with van der Waals surface area (Å²) in [6.07, 6.45) is 6.61. The lowest BCUT2D eigenvalue weighted by Gasteiger charge is -2.07. The van der Waals surface area contributed by atoms with Crippen LogP contribution in [0.1, 0.15) is 5.56 Å². The first-order valence-electron chi connectivity index (χ1n) is 5.42. The van der Waals surface area contributed by atoms with Crippen molar-refractivity contribution in [3.05, 3.63) is 36.4 Å². The van der Waals surface area contributed by atoms with E-state index in [0.29, 0.717) is 30.4 Å². The predicted molar refractivity (Wildman–Crippen MR) is 68.4 cm³/mol. The van der Waals surface area contributed by atoms with Crippen LogP contribution < -0.4 is 11.5 Å². The minimum absolute atomic E-state index is 0.341. The Balaban J connectivity index is 2.30. The Hall–Kier alpha value is -2.41. The third kappa shape index (κ3) is 2.64. The Kier molecular flexibility index (Phi) is 3.87. The molecule has 0 bridgehead atoms. The highest BCUT2D eigenvalue weighted by molar-refractivity contribution is 5.89. The van der Waals surface area contributed by atoms with E-state index in [9.17, 15) is 0 Å². The maximum atomic E-state index is 5.81. The standard InChI is InChI=1S/C11H14N6O/c12-3-6-18-16-7-9-10(13)14-8-15-11(9)17-4-1-2-5-17/h1-2,4-5,7-8H,3,6,12H2,(H2,13,14,15). The second-order valence-corrected chi connectivity index (χ2v) is 3.44. The highest BCUT2D eigenvalue weighted by Gasteiger charge is 2.08. The number of anilines is 1. The highest BCUT2D eigenvalue weighted by Crippen LogP contribution is 2.14. The van der Waals surface area contributed by atoms with E-state index in [1.807, 2.05) is 29.1 Å². The lowest BCUT2D eigenvalue weighted by atomic mass is 10.3. The summed E-state index contributed by atoms with van der Waals surface area (Å²) in [6, 6.07) is 3.79. The van der Waals surface area contributed by atoms with Gasteiger partial charge in [0.25, 0.3) is 0 Å². The Morgan fingerprint density at radius 2 is 2.11 bits per heavy atom. The number of nitrogens with two attached hydrogens (primary N) is 2. The quantitative estimate of drug-likeness (QED) is 0.444. The molecular formula is C11H14N6O. The number of rotatable bonds is 5. The Bertz CT molecular complexity index is 522. The van der Waals surface area contributed by atoms with Crippen molar-refractivity contribution in [3.63, 3.8) is 0 Å². The van der Waals surface area contributed by atoms with Gasteiger partial charge >= 0.3 is 0 Å². The topological polar surface area (TPSA) is 104 Å². The van der Waals surface area contributed by atoms with Crippen molar-refractivity contribution in [2.45, 2.75) is 0 Å². The van der Waals surface area contributed by atoms with Crippen molar-refractivity contribution in [3.8, 4) is 5.82 Å². The van der Waals surface area contributed by atoms with Crippen LogP contribution in [0.3, 0.4) is 0 Å². The van der Waals surface area contributed by atoms with Gasteiger partial charge in [-0.05, 0) is 12.1 Å². The first-order chi connectivity index (χ1) is 8.83. The van der Waals surface area contributed by atoms with Gasteiger partial charge in [-0.15, -0.1) is 0 Å². The number of aromatic nitrogens is 3. The molecule has 0 aromatic carbocycles. The average Bonchev–Trinajstić information content (AvgIpc) is 2.89. The van der Waals surface area contributed by atoms with Crippen molar-refractivity contribution in [1.29, 1.82) is 0 Å². The van der Waals surface area contributed by atoms with Gasteiger partial charge in [-0.25, -0.2) is 9.97 Å². The molecule has 0 spiro atoms. The number of nitrogen functional groups attached to an aromatic ring is 1.